The number of hydrogen-bond donors (Lipinski definition) is 0. The molecule has 51 heavy (non-hydrogen) atoms. The Bertz CT molecular complexity index is 2600. The van der Waals surface area contributed by atoms with Gasteiger partial charge in [-0.25, -0.2) is 0 Å². The van der Waals surface area contributed by atoms with E-state index < -0.39 is 0 Å². The number of benzene rings is 5. The molecule has 5 heteroatoms. The summed E-state index contributed by atoms with van der Waals surface area (Å²) < 4.78 is 5.20. The molecule has 0 unspecified atom stereocenters. The van der Waals surface area contributed by atoms with Crippen molar-refractivity contribution in [2.24, 2.45) is 0 Å². The van der Waals surface area contributed by atoms with Crippen molar-refractivity contribution in [2.75, 3.05) is 0 Å². The molecular weight excluding hydrogens is 655 g/mol. The van der Waals surface area contributed by atoms with Gasteiger partial charge in [0.05, 0.1) is 11.0 Å². The minimum atomic E-state index is 0.0755. The van der Waals surface area contributed by atoms with Gasteiger partial charge in [-0.2, -0.15) is 0 Å². The molecule has 7 aromatic rings. The third kappa shape index (κ3) is 4.53. The van der Waals surface area contributed by atoms with Crippen LogP contribution in [-0.2, 0) is 31.1 Å². The van der Waals surface area contributed by atoms with Crippen LogP contribution < -0.4 is 16.4 Å². The van der Waals surface area contributed by atoms with Crippen LogP contribution in [0.15, 0.2) is 117 Å². The van der Waals surface area contributed by atoms with E-state index in [0.717, 1.165) is 12.8 Å². The summed E-state index contributed by atoms with van der Waals surface area (Å²) in [6.45, 7) is 7.27. The Morgan fingerprint density at radius 2 is 1.08 bits per heavy atom. The molecule has 4 heterocycles. The van der Waals surface area contributed by atoms with E-state index in [2.05, 4.69) is 127 Å². The zero-order chi connectivity index (χ0) is 34.0. The van der Waals surface area contributed by atoms with Gasteiger partial charge in [0.1, 0.15) is 0 Å². The van der Waals surface area contributed by atoms with E-state index in [0.29, 0.717) is 0 Å². The molecule has 2 aromatic heterocycles. The van der Waals surface area contributed by atoms with E-state index in [1.54, 1.807) is 11.1 Å². The molecule has 11 rings (SSSR count). The first-order valence-electron chi connectivity index (χ1n) is 19.0. The second-order valence-corrected chi connectivity index (χ2v) is 18.4. The maximum Gasteiger partial charge on any atom is 0.247 e. The molecule has 250 valence electrons. The summed E-state index contributed by atoms with van der Waals surface area (Å²) in [6.07, 6.45) is 9.81. The molecule has 2 nitrogen and oxygen atoms in total. The fraction of sp³-hybridized carbons (Fsp3) is 0.261. The van der Waals surface area contributed by atoms with Crippen LogP contribution in [0, 0.1) is 0 Å². The highest BCUT2D eigenvalue weighted by Crippen LogP contribution is 2.43. The molecule has 0 atom stereocenters. The maximum atomic E-state index is 2.61. The molecule has 0 amide bonds. The summed E-state index contributed by atoms with van der Waals surface area (Å²) in [5.41, 5.74) is 17.4. The topological polar surface area (TPSA) is 9.86 Å². The van der Waals surface area contributed by atoms with Gasteiger partial charge in [-0.1, -0.05) is 97.7 Å². The molecule has 2 aliphatic heterocycles. The predicted octanol–water partition coefficient (Wildman–Crippen LogP) is 10.1. The molecule has 0 N–H and O–H groups in total. The lowest BCUT2D eigenvalue weighted by Crippen LogP contribution is -2.58. The Kier molecular flexibility index (Phi) is 6.72. The highest BCUT2D eigenvalue weighted by Gasteiger charge is 2.40. The van der Waals surface area contributed by atoms with Crippen LogP contribution in [0.2, 0.25) is 0 Å². The van der Waals surface area contributed by atoms with Gasteiger partial charge < -0.3 is 9.13 Å². The molecule has 0 bridgehead atoms. The molecule has 0 saturated heterocycles. The van der Waals surface area contributed by atoms with Crippen molar-refractivity contribution in [3.63, 3.8) is 0 Å². The van der Waals surface area contributed by atoms with Gasteiger partial charge >= 0.3 is 0 Å². The lowest BCUT2D eigenvalue weighted by Gasteiger charge is -2.35. The quantitative estimate of drug-likeness (QED) is 0.167. The first-order chi connectivity index (χ1) is 24.9. The van der Waals surface area contributed by atoms with E-state index in [-0.39, 0.29) is 12.1 Å². The number of fused-ring (bicyclic) bond motifs is 10. The molecule has 4 aliphatic rings. The largest absolute Gasteiger partial charge is 0.313 e. The van der Waals surface area contributed by atoms with Crippen molar-refractivity contribution in [1.82, 2.24) is 9.13 Å². The lowest BCUT2D eigenvalue weighted by atomic mass is 9.36. The van der Waals surface area contributed by atoms with Gasteiger partial charge in [-0.15, -0.1) is 0 Å². The lowest BCUT2D eigenvalue weighted by molar-refractivity contribution is 0.587. The molecule has 0 saturated carbocycles. The fourth-order valence-electron chi connectivity index (χ4n) is 9.77. The van der Waals surface area contributed by atoms with Gasteiger partial charge in [0, 0.05) is 53.1 Å². The van der Waals surface area contributed by atoms with Crippen LogP contribution in [-0.4, -0.2) is 15.8 Å². The molecule has 2 aliphatic carbocycles. The smallest absolute Gasteiger partial charge is 0.247 e. The third-order valence-corrected chi connectivity index (χ3v) is 14.5. The maximum absolute atomic E-state index is 2.61. The van der Waals surface area contributed by atoms with Crippen LogP contribution in [0.4, 0.5) is 0 Å². The van der Waals surface area contributed by atoms with Crippen molar-refractivity contribution in [3.8, 4) is 11.4 Å². The SMILES string of the molecule is CC(C)(C)c1cc2c3c(c1)Sc1ccc(-n4c5c(c6ccccc64)CCCC5)cc1B3c1ccc(-n3c4c(c5ccccc53)CCCC4)cc1S2. The van der Waals surface area contributed by atoms with Crippen molar-refractivity contribution in [1.29, 1.82) is 0 Å². The van der Waals surface area contributed by atoms with E-state index in [1.165, 1.54) is 125 Å². The number of hydrogen-bond acceptors (Lipinski definition) is 2. The molecule has 0 fully saturated rings. The standard InChI is InChI=1S/C46H41BN2S2/c1-46(2,3)28-24-43-45-44(25-28)51-42-27-30(49-39-18-10-6-14-33(39)34-15-7-11-19-40(34)49)20-22-35(42)47(45)36-26-29(21-23-41(36)50-43)48-37-16-8-4-12-31(37)32-13-5-9-17-38(32)48/h4,6,8,10,12,14,16,18,20-27H,5,7,9,11,13,15,17,19H2,1-3H3. The van der Waals surface area contributed by atoms with Gasteiger partial charge in [0.25, 0.3) is 0 Å². The Balaban J connectivity index is 1.13. The number of nitrogens with zero attached hydrogens (tertiary/aromatic N) is 2. The molecule has 5 aromatic carbocycles. The van der Waals surface area contributed by atoms with Gasteiger partial charge in [-0.05, 0) is 134 Å². The van der Waals surface area contributed by atoms with Crippen LogP contribution in [0.1, 0.15) is 74.5 Å². The second kappa shape index (κ2) is 11.2. The van der Waals surface area contributed by atoms with E-state index in [4.69, 9.17) is 0 Å². The Labute approximate surface area is 309 Å². The molecular formula is C46H41BN2S2. The molecule has 0 spiro atoms. The van der Waals surface area contributed by atoms with Gasteiger partial charge in [0.2, 0.25) is 6.71 Å². The highest BCUT2D eigenvalue weighted by molar-refractivity contribution is 8.01. The summed E-state index contributed by atoms with van der Waals surface area (Å²) in [7, 11) is 0. The molecule has 0 radical (unpaired) electrons. The third-order valence-electron chi connectivity index (χ3n) is 12.2. The van der Waals surface area contributed by atoms with E-state index in [9.17, 15) is 0 Å². The summed E-state index contributed by atoms with van der Waals surface area (Å²) in [5.74, 6) is 0. The minimum absolute atomic E-state index is 0.0755. The van der Waals surface area contributed by atoms with Crippen LogP contribution in [0.5, 0.6) is 0 Å². The van der Waals surface area contributed by atoms with Crippen LogP contribution >= 0.6 is 23.5 Å². The zero-order valence-corrected chi connectivity index (χ0v) is 31.3. The Morgan fingerprint density at radius 1 is 0.529 bits per heavy atom. The van der Waals surface area contributed by atoms with Crippen molar-refractivity contribution >= 4 is 68.4 Å². The van der Waals surface area contributed by atoms with E-state index >= 15 is 0 Å². The second-order valence-electron chi connectivity index (χ2n) is 16.2. The summed E-state index contributed by atoms with van der Waals surface area (Å²) in [4.78, 5) is 5.65. The van der Waals surface area contributed by atoms with Crippen molar-refractivity contribution < 1.29 is 0 Å². The number of rotatable bonds is 2. The minimum Gasteiger partial charge on any atom is -0.313 e. The summed E-state index contributed by atoms with van der Waals surface area (Å²) in [5, 5.41) is 2.88. The Hall–Kier alpha value is -4.06. The highest BCUT2D eigenvalue weighted by atomic mass is 32.2. The first-order valence-corrected chi connectivity index (χ1v) is 20.6. The average Bonchev–Trinajstić information content (AvgIpc) is 3.67. The number of aromatic nitrogens is 2. The fourth-order valence-corrected chi connectivity index (χ4v) is 12.3. The van der Waals surface area contributed by atoms with Gasteiger partial charge in [0.15, 0.2) is 0 Å². The van der Waals surface area contributed by atoms with E-state index in [1.807, 2.05) is 23.5 Å². The number of aryl methyl sites for hydroxylation is 2. The van der Waals surface area contributed by atoms with Crippen molar-refractivity contribution in [3.05, 3.63) is 125 Å². The van der Waals surface area contributed by atoms with Crippen LogP contribution in [0.25, 0.3) is 33.2 Å². The number of para-hydroxylation sites is 2. The van der Waals surface area contributed by atoms with Crippen molar-refractivity contribution in [2.45, 2.75) is 97.1 Å². The first kappa shape index (κ1) is 30.6. The summed E-state index contributed by atoms with van der Waals surface area (Å²) >= 11 is 3.98. The van der Waals surface area contributed by atoms with Gasteiger partial charge in [-0.3, -0.25) is 0 Å². The average molecular weight is 697 g/mol. The monoisotopic (exact) mass is 696 g/mol. The zero-order valence-electron chi connectivity index (χ0n) is 29.7. The predicted molar refractivity (Wildman–Crippen MR) is 218 cm³/mol. The summed E-state index contributed by atoms with van der Waals surface area (Å²) in [6, 6.07) is 38.0. The normalized spacial score (nSPS) is 16.1. The van der Waals surface area contributed by atoms with Crippen LogP contribution in [0.3, 0.4) is 0 Å². The Morgan fingerprint density at radius 3 is 1.71 bits per heavy atom.